The molecule has 5 heterocycles. The number of nitrogens with zero attached hydrogens (tertiary/aromatic N) is 8. The molecule has 0 amide bonds. The summed E-state index contributed by atoms with van der Waals surface area (Å²) in [5.41, 5.74) is 9.22. The van der Waals surface area contributed by atoms with Crippen molar-refractivity contribution in [2.24, 2.45) is 10.4 Å². The fourth-order valence-electron chi connectivity index (χ4n) is 5.50. The molecular formula is C27H31N9O2. The van der Waals surface area contributed by atoms with E-state index in [1.807, 2.05) is 47.8 Å². The van der Waals surface area contributed by atoms with E-state index in [2.05, 4.69) is 39.6 Å². The Morgan fingerprint density at radius 2 is 2.08 bits per heavy atom. The average molecular weight is 514 g/mol. The van der Waals surface area contributed by atoms with Gasteiger partial charge in [0.2, 0.25) is 0 Å². The van der Waals surface area contributed by atoms with Gasteiger partial charge in [-0.05, 0) is 49.0 Å². The van der Waals surface area contributed by atoms with E-state index in [1.54, 1.807) is 23.3 Å². The van der Waals surface area contributed by atoms with Crippen LogP contribution in [0.5, 0.6) is 0 Å². The number of hydrogen-bond donors (Lipinski definition) is 2. The maximum Gasteiger partial charge on any atom is 0.280 e. The molecule has 0 unspecified atom stereocenters. The second-order valence-electron chi connectivity index (χ2n) is 10.7. The van der Waals surface area contributed by atoms with Crippen LogP contribution in [0.4, 0.5) is 5.82 Å². The van der Waals surface area contributed by atoms with Crippen LogP contribution in [0.25, 0.3) is 17.0 Å². The molecule has 1 aliphatic carbocycles. The van der Waals surface area contributed by atoms with Crippen LogP contribution in [0, 0.1) is 5.41 Å². The van der Waals surface area contributed by atoms with Crippen LogP contribution in [-0.4, -0.2) is 58.4 Å². The summed E-state index contributed by atoms with van der Waals surface area (Å²) < 4.78 is 5.25. The first-order chi connectivity index (χ1) is 18.3. The van der Waals surface area contributed by atoms with E-state index in [9.17, 15) is 9.90 Å². The van der Waals surface area contributed by atoms with Gasteiger partial charge in [-0.25, -0.2) is 15.0 Å². The van der Waals surface area contributed by atoms with Crippen molar-refractivity contribution in [3.05, 3.63) is 75.7 Å². The molecule has 4 aromatic rings. The lowest BCUT2D eigenvalue weighted by atomic mass is 9.90. The molecule has 0 atom stereocenters. The lowest BCUT2D eigenvalue weighted by Crippen LogP contribution is -2.41. The normalized spacial score (nSPS) is 18.1. The molecule has 0 radical (unpaired) electrons. The summed E-state index contributed by atoms with van der Waals surface area (Å²) in [7, 11) is 1.91. The highest BCUT2D eigenvalue weighted by atomic mass is 16.3. The van der Waals surface area contributed by atoms with Crippen molar-refractivity contribution >= 4 is 22.7 Å². The summed E-state index contributed by atoms with van der Waals surface area (Å²) in [6, 6.07) is 3.83. The highest BCUT2D eigenvalue weighted by molar-refractivity contribution is 6.04. The standard InChI is InChI=1S/C27H31N9O2/c1-5-34-15-24(30-32-34)29-18-11-21(31-33(4)14-18)19-6-7-28-25(20(19)16-37)36-9-8-35-22(26(36)38)10-17-12-27(2,3)13-23(17)35/h6-11,15,31,37H,5,12-14,16H2,1-4H3/b29-18+. The van der Waals surface area contributed by atoms with E-state index < -0.39 is 0 Å². The Labute approximate surface area is 219 Å². The van der Waals surface area contributed by atoms with Gasteiger partial charge in [0.1, 0.15) is 11.3 Å². The Bertz CT molecular complexity index is 1670. The Kier molecular flexibility index (Phi) is 5.77. The van der Waals surface area contributed by atoms with Gasteiger partial charge in [-0.3, -0.25) is 14.0 Å². The first-order valence-corrected chi connectivity index (χ1v) is 12.8. The van der Waals surface area contributed by atoms with Crippen molar-refractivity contribution in [1.29, 1.82) is 0 Å². The molecule has 0 aromatic carbocycles. The monoisotopic (exact) mass is 513 g/mol. The van der Waals surface area contributed by atoms with E-state index >= 15 is 0 Å². The number of aryl methyl sites for hydroxylation is 1. The highest BCUT2D eigenvalue weighted by Gasteiger charge is 2.32. The molecule has 6 rings (SSSR count). The SMILES string of the molecule is CCn1cc(/N=C2\C=C(c3ccnc(-n4ccn5c6c(cc5c4=O)CC(C)(C)C6)c3CO)NN(C)C2)nn1. The molecule has 11 nitrogen and oxygen atoms in total. The summed E-state index contributed by atoms with van der Waals surface area (Å²) in [6.45, 7) is 7.48. The van der Waals surface area contributed by atoms with Crippen molar-refractivity contribution < 1.29 is 5.11 Å². The summed E-state index contributed by atoms with van der Waals surface area (Å²) in [6.07, 6.45) is 10.9. The van der Waals surface area contributed by atoms with E-state index in [0.717, 1.165) is 36.4 Å². The lowest BCUT2D eigenvalue weighted by molar-refractivity contribution is 0.279. The topological polar surface area (TPSA) is 118 Å². The van der Waals surface area contributed by atoms with Crippen molar-refractivity contribution in [2.45, 2.75) is 46.8 Å². The first-order valence-electron chi connectivity index (χ1n) is 12.8. The fraction of sp³-hybridized carbons (Fsp3) is 0.370. The van der Waals surface area contributed by atoms with Crippen LogP contribution < -0.4 is 11.0 Å². The number of rotatable bonds is 5. The number of fused-ring (bicyclic) bond motifs is 3. The number of nitrogens with one attached hydrogen (secondary N) is 1. The Morgan fingerprint density at radius 3 is 2.84 bits per heavy atom. The third kappa shape index (κ3) is 4.13. The summed E-state index contributed by atoms with van der Waals surface area (Å²) >= 11 is 0. The quantitative estimate of drug-likeness (QED) is 0.420. The molecule has 0 fully saturated rings. The minimum Gasteiger partial charge on any atom is -0.392 e. The summed E-state index contributed by atoms with van der Waals surface area (Å²) in [5, 5.41) is 20.5. The van der Waals surface area contributed by atoms with Crippen molar-refractivity contribution in [3.8, 4) is 5.82 Å². The zero-order valence-corrected chi connectivity index (χ0v) is 22.0. The molecule has 2 N–H and O–H groups in total. The molecule has 0 spiro atoms. The Morgan fingerprint density at radius 1 is 1.24 bits per heavy atom. The van der Waals surface area contributed by atoms with Gasteiger partial charge in [0, 0.05) is 49.0 Å². The second kappa shape index (κ2) is 9.03. The van der Waals surface area contributed by atoms with Crippen LogP contribution in [-0.2, 0) is 26.0 Å². The van der Waals surface area contributed by atoms with Crippen LogP contribution in [0.3, 0.4) is 0 Å². The second-order valence-corrected chi connectivity index (χ2v) is 10.7. The van der Waals surface area contributed by atoms with E-state index in [1.165, 1.54) is 15.8 Å². The predicted molar refractivity (Wildman–Crippen MR) is 144 cm³/mol. The smallest absolute Gasteiger partial charge is 0.280 e. The number of aliphatic imine (C=N–C) groups is 1. The first kappa shape index (κ1) is 24.3. The Hall–Kier alpha value is -4.09. The van der Waals surface area contributed by atoms with E-state index in [0.29, 0.717) is 29.3 Å². The lowest BCUT2D eigenvalue weighted by Gasteiger charge is -2.27. The maximum absolute atomic E-state index is 13.6. The van der Waals surface area contributed by atoms with Crippen LogP contribution >= 0.6 is 0 Å². The molecule has 4 aromatic heterocycles. The Balaban J connectivity index is 1.43. The molecule has 0 bridgehead atoms. The van der Waals surface area contributed by atoms with Crippen molar-refractivity contribution in [2.75, 3.05) is 13.6 Å². The van der Waals surface area contributed by atoms with Gasteiger partial charge in [0.15, 0.2) is 5.82 Å². The fourth-order valence-corrected chi connectivity index (χ4v) is 5.50. The highest BCUT2D eigenvalue weighted by Crippen LogP contribution is 2.37. The summed E-state index contributed by atoms with van der Waals surface area (Å²) in [5.74, 6) is 0.937. The minimum absolute atomic E-state index is 0.164. The van der Waals surface area contributed by atoms with Crippen LogP contribution in [0.15, 0.2) is 52.8 Å². The molecule has 38 heavy (non-hydrogen) atoms. The van der Waals surface area contributed by atoms with E-state index in [4.69, 9.17) is 0 Å². The van der Waals surface area contributed by atoms with Crippen LogP contribution in [0.2, 0.25) is 0 Å². The zero-order chi connectivity index (χ0) is 26.6. The average Bonchev–Trinajstić information content (AvgIpc) is 3.56. The summed E-state index contributed by atoms with van der Waals surface area (Å²) in [4.78, 5) is 22.8. The number of hydrazine groups is 1. The molecule has 0 saturated carbocycles. The molecule has 2 aliphatic rings. The number of hydrogen-bond acceptors (Lipinski definition) is 8. The zero-order valence-electron chi connectivity index (χ0n) is 22.0. The third-order valence-corrected chi connectivity index (χ3v) is 7.19. The number of aliphatic hydroxyl groups excluding tert-OH is 1. The number of pyridine rings is 1. The molecule has 196 valence electrons. The minimum atomic E-state index is -0.290. The molecular weight excluding hydrogens is 482 g/mol. The van der Waals surface area contributed by atoms with Gasteiger partial charge in [-0.1, -0.05) is 19.1 Å². The number of aliphatic hydroxyl groups is 1. The van der Waals surface area contributed by atoms with Gasteiger partial charge >= 0.3 is 0 Å². The van der Waals surface area contributed by atoms with Crippen molar-refractivity contribution in [3.63, 3.8) is 0 Å². The third-order valence-electron chi connectivity index (χ3n) is 7.19. The molecule has 1 aliphatic heterocycles. The maximum atomic E-state index is 13.6. The largest absolute Gasteiger partial charge is 0.392 e. The van der Waals surface area contributed by atoms with E-state index in [-0.39, 0.29) is 17.6 Å². The van der Waals surface area contributed by atoms with Crippen LogP contribution in [0.1, 0.15) is 43.2 Å². The molecule has 0 saturated heterocycles. The molecule has 11 heteroatoms. The predicted octanol–water partition coefficient (Wildman–Crippen LogP) is 2.28. The van der Waals surface area contributed by atoms with Gasteiger partial charge in [0.05, 0.1) is 30.8 Å². The van der Waals surface area contributed by atoms with Gasteiger partial charge in [0.25, 0.3) is 5.56 Å². The number of aromatic nitrogens is 6. The van der Waals surface area contributed by atoms with Crippen molar-refractivity contribution in [1.82, 2.24) is 39.4 Å². The van der Waals surface area contributed by atoms with Gasteiger partial charge < -0.3 is 14.9 Å². The van der Waals surface area contributed by atoms with Gasteiger partial charge in [-0.15, -0.1) is 5.10 Å². The van der Waals surface area contributed by atoms with Gasteiger partial charge in [-0.2, -0.15) is 0 Å².